The van der Waals surface area contributed by atoms with E-state index in [-0.39, 0.29) is 36.7 Å². The van der Waals surface area contributed by atoms with E-state index in [0.29, 0.717) is 13.0 Å². The number of fused-ring (bicyclic) bond motifs is 4. The number of hydrogen-bond donors (Lipinski definition) is 2. The van der Waals surface area contributed by atoms with Crippen LogP contribution in [-0.4, -0.2) is 35.0 Å². The smallest absolute Gasteiger partial charge is 0.407 e. The average Bonchev–Trinajstić information content (AvgIpc) is 3.60. The fourth-order valence-corrected chi connectivity index (χ4v) is 8.01. The Hall–Kier alpha value is -5.17. The van der Waals surface area contributed by atoms with Crippen LogP contribution in [-0.2, 0) is 27.3 Å². The number of aryl methyl sites for hydroxylation is 1. The van der Waals surface area contributed by atoms with Gasteiger partial charge in [-0.25, -0.2) is 4.79 Å². The zero-order valence-electron chi connectivity index (χ0n) is 26.3. The van der Waals surface area contributed by atoms with Gasteiger partial charge in [-0.2, -0.15) is 0 Å². The molecule has 47 heavy (non-hydrogen) atoms. The van der Waals surface area contributed by atoms with Crippen molar-refractivity contribution in [2.24, 2.45) is 5.92 Å². The lowest BCUT2D eigenvalue weighted by atomic mass is 9.79. The van der Waals surface area contributed by atoms with Gasteiger partial charge in [0.05, 0.1) is 17.9 Å². The van der Waals surface area contributed by atoms with Crippen LogP contribution in [0.3, 0.4) is 0 Å². The van der Waals surface area contributed by atoms with Crippen molar-refractivity contribution < 1.29 is 19.1 Å². The maximum Gasteiger partial charge on any atom is 0.407 e. The van der Waals surface area contributed by atoms with E-state index < -0.39 is 24.0 Å². The van der Waals surface area contributed by atoms with Crippen molar-refractivity contribution in [1.29, 1.82) is 0 Å². The molecule has 2 amide bonds. The summed E-state index contributed by atoms with van der Waals surface area (Å²) in [4.78, 5) is 40.9. The number of alkyl carbamates (subject to hydrolysis) is 1. The van der Waals surface area contributed by atoms with Crippen molar-refractivity contribution in [1.82, 2.24) is 15.2 Å². The number of rotatable bonds is 6. The molecule has 4 unspecified atom stereocenters. The Morgan fingerprint density at radius 3 is 2.36 bits per heavy atom. The standard InChI is InChI=1S/C40H37N3O4/c1-24(27-15-14-25-8-2-3-9-28(25)20-27)41-39(45)29-21-36(44)37-35(17-16-26-18-19-43(22-29)38(26)37)42-40(46)47-23-34-32-12-6-4-10-30(32)31-11-5-7-13-33(31)34/h2-15,18-20,24,29,34-35,37H,16-17,21-23H2,1H3,(H,41,45)(H,42,46). The first-order valence-electron chi connectivity index (χ1n) is 16.6. The molecule has 4 atom stereocenters. The fraction of sp³-hybridized carbons (Fsp3) is 0.275. The van der Waals surface area contributed by atoms with E-state index in [0.717, 1.165) is 45.1 Å². The van der Waals surface area contributed by atoms with Crippen molar-refractivity contribution in [3.05, 3.63) is 131 Å². The number of aromatic nitrogens is 1. The van der Waals surface area contributed by atoms with Gasteiger partial charge in [-0.05, 0) is 76.1 Å². The van der Waals surface area contributed by atoms with Crippen LogP contribution in [0, 0.1) is 5.92 Å². The molecule has 0 radical (unpaired) electrons. The predicted octanol–water partition coefficient (Wildman–Crippen LogP) is 7.04. The highest BCUT2D eigenvalue weighted by molar-refractivity contribution is 5.93. The number of ketones is 1. The number of carbonyl (C=O) groups is 3. The summed E-state index contributed by atoms with van der Waals surface area (Å²) in [5.41, 5.74) is 7.70. The van der Waals surface area contributed by atoms with Gasteiger partial charge in [-0.15, -0.1) is 0 Å². The van der Waals surface area contributed by atoms with E-state index in [9.17, 15) is 14.4 Å². The summed E-state index contributed by atoms with van der Waals surface area (Å²) in [6.45, 7) is 2.61. The second-order valence-corrected chi connectivity index (χ2v) is 13.2. The molecule has 0 spiro atoms. The molecule has 0 fully saturated rings. The van der Waals surface area contributed by atoms with Gasteiger partial charge in [0.2, 0.25) is 5.91 Å². The van der Waals surface area contributed by atoms with E-state index in [2.05, 4.69) is 69.8 Å². The van der Waals surface area contributed by atoms with E-state index in [4.69, 9.17) is 4.74 Å². The highest BCUT2D eigenvalue weighted by Gasteiger charge is 2.42. The van der Waals surface area contributed by atoms with Crippen LogP contribution in [0.2, 0.25) is 0 Å². The average molecular weight is 624 g/mol. The number of nitrogens with one attached hydrogen (secondary N) is 2. The van der Waals surface area contributed by atoms with Crippen molar-refractivity contribution in [2.75, 3.05) is 6.61 Å². The van der Waals surface area contributed by atoms with Gasteiger partial charge in [-0.3, -0.25) is 9.59 Å². The lowest BCUT2D eigenvalue weighted by Crippen LogP contribution is -2.45. The normalized spacial score (nSPS) is 20.4. The summed E-state index contributed by atoms with van der Waals surface area (Å²) in [6.07, 6.45) is 2.96. The lowest BCUT2D eigenvalue weighted by Gasteiger charge is -2.31. The Labute approximate surface area is 273 Å². The Bertz CT molecular complexity index is 1980. The third-order valence-electron chi connectivity index (χ3n) is 10.4. The molecule has 0 bridgehead atoms. The number of hydrogen-bond acceptors (Lipinski definition) is 4. The molecule has 4 aromatic carbocycles. The number of amides is 2. The maximum atomic E-state index is 14.0. The summed E-state index contributed by atoms with van der Waals surface area (Å²) in [7, 11) is 0. The van der Waals surface area contributed by atoms with Crippen LogP contribution >= 0.6 is 0 Å². The lowest BCUT2D eigenvalue weighted by molar-refractivity contribution is -0.130. The zero-order chi connectivity index (χ0) is 32.1. The van der Waals surface area contributed by atoms with E-state index in [1.54, 1.807) is 0 Å². The number of Topliss-reactive ketones (excluding diaryl/α,β-unsaturated/α-hetero) is 1. The minimum absolute atomic E-state index is 0.0224. The minimum Gasteiger partial charge on any atom is -0.449 e. The molecule has 7 heteroatoms. The molecule has 7 nitrogen and oxygen atoms in total. The van der Waals surface area contributed by atoms with Crippen molar-refractivity contribution in [3.63, 3.8) is 0 Å². The quantitative estimate of drug-likeness (QED) is 0.212. The topological polar surface area (TPSA) is 89.4 Å². The van der Waals surface area contributed by atoms with Gasteiger partial charge in [0.15, 0.2) is 0 Å². The van der Waals surface area contributed by atoms with E-state index in [1.165, 1.54) is 11.1 Å². The van der Waals surface area contributed by atoms with Crippen molar-refractivity contribution in [3.8, 4) is 11.1 Å². The van der Waals surface area contributed by atoms with Crippen LogP contribution in [0.4, 0.5) is 4.79 Å². The first-order chi connectivity index (χ1) is 22.9. The van der Waals surface area contributed by atoms with Crippen LogP contribution in [0.5, 0.6) is 0 Å². The van der Waals surface area contributed by atoms with Crippen LogP contribution in [0.15, 0.2) is 103 Å². The Kier molecular flexibility index (Phi) is 7.39. The third kappa shape index (κ3) is 5.29. The molecule has 5 aromatic rings. The molecular formula is C40H37N3O4. The van der Waals surface area contributed by atoms with Gasteiger partial charge < -0.3 is 19.9 Å². The Morgan fingerprint density at radius 2 is 1.60 bits per heavy atom. The molecule has 8 rings (SSSR count). The number of nitrogens with zero attached hydrogens (tertiary/aromatic N) is 1. The molecule has 1 aromatic heterocycles. The van der Waals surface area contributed by atoms with E-state index in [1.807, 2.05) is 55.6 Å². The first kappa shape index (κ1) is 29.2. The molecular weight excluding hydrogens is 586 g/mol. The predicted molar refractivity (Wildman–Crippen MR) is 181 cm³/mol. The highest BCUT2D eigenvalue weighted by atomic mass is 16.5. The molecule has 2 N–H and O–H groups in total. The van der Waals surface area contributed by atoms with Crippen molar-refractivity contribution in [2.45, 2.75) is 56.7 Å². The fourth-order valence-electron chi connectivity index (χ4n) is 8.01. The molecule has 236 valence electrons. The van der Waals surface area contributed by atoms with Crippen molar-refractivity contribution >= 4 is 28.6 Å². The van der Waals surface area contributed by atoms with E-state index >= 15 is 0 Å². The Morgan fingerprint density at radius 1 is 0.894 bits per heavy atom. The second kappa shape index (κ2) is 11.9. The second-order valence-electron chi connectivity index (χ2n) is 13.2. The number of ether oxygens (including phenoxy) is 1. The summed E-state index contributed by atoms with van der Waals surface area (Å²) in [6, 6.07) is 32.3. The van der Waals surface area contributed by atoms with Gasteiger partial charge in [-0.1, -0.05) is 84.9 Å². The summed E-state index contributed by atoms with van der Waals surface area (Å²) in [5.74, 6) is -1.24. The first-order valence-corrected chi connectivity index (χ1v) is 16.6. The van der Waals surface area contributed by atoms with Crippen LogP contribution in [0.1, 0.15) is 65.6 Å². The maximum absolute atomic E-state index is 14.0. The zero-order valence-corrected chi connectivity index (χ0v) is 26.3. The molecule has 0 saturated heterocycles. The molecule has 1 aliphatic heterocycles. The van der Waals surface area contributed by atoms with Gasteiger partial charge in [0.25, 0.3) is 0 Å². The minimum atomic E-state index is -0.523. The number of carbonyl (C=O) groups excluding carboxylic acids is 3. The SMILES string of the molecule is CC(NC(=O)C1CC(=O)C2c3c(ccn3C1)CCC2NC(=O)OCC1c2ccccc2-c2ccccc21)c1ccc2ccccc2c1. The largest absolute Gasteiger partial charge is 0.449 e. The molecule has 2 aliphatic carbocycles. The summed E-state index contributed by atoms with van der Waals surface area (Å²) >= 11 is 0. The third-order valence-corrected chi connectivity index (χ3v) is 10.4. The molecule has 0 saturated carbocycles. The summed E-state index contributed by atoms with van der Waals surface area (Å²) < 4.78 is 7.92. The van der Waals surface area contributed by atoms with Crippen LogP contribution < -0.4 is 10.6 Å². The monoisotopic (exact) mass is 623 g/mol. The number of benzene rings is 4. The van der Waals surface area contributed by atoms with Gasteiger partial charge in [0, 0.05) is 36.8 Å². The molecule has 3 aliphatic rings. The molecule has 2 heterocycles. The van der Waals surface area contributed by atoms with Crippen LogP contribution in [0.25, 0.3) is 21.9 Å². The Balaban J connectivity index is 0.955. The highest BCUT2D eigenvalue weighted by Crippen LogP contribution is 2.44. The summed E-state index contributed by atoms with van der Waals surface area (Å²) in [5, 5.41) is 8.50. The van der Waals surface area contributed by atoms with Gasteiger partial charge in [0.1, 0.15) is 12.4 Å². The van der Waals surface area contributed by atoms with Gasteiger partial charge >= 0.3 is 6.09 Å².